The van der Waals surface area contributed by atoms with Gasteiger partial charge in [-0.1, -0.05) is 146 Å². The van der Waals surface area contributed by atoms with Gasteiger partial charge >= 0.3 is 0 Å². The van der Waals surface area contributed by atoms with E-state index in [1.807, 2.05) is 62.5 Å². The maximum absolute atomic E-state index is 11.3. The van der Waals surface area contributed by atoms with E-state index in [4.69, 9.17) is 11.3 Å². The third kappa shape index (κ3) is 7.40. The van der Waals surface area contributed by atoms with Crippen molar-refractivity contribution in [2.75, 3.05) is 0 Å². The summed E-state index contributed by atoms with van der Waals surface area (Å²) in [6, 6.07) is 50.2. The molecule has 8 aromatic rings. The summed E-state index contributed by atoms with van der Waals surface area (Å²) < 4.78 is 11.1. The minimum Gasteiger partial charge on any atom is -0.507 e. The van der Waals surface area contributed by atoms with Crippen LogP contribution in [-0.2, 0) is 10.8 Å². The predicted octanol–water partition coefficient (Wildman–Crippen LogP) is 14.2. The molecule has 8 rings (SSSR count). The van der Waals surface area contributed by atoms with Crippen molar-refractivity contribution in [1.29, 1.82) is 0 Å². The highest BCUT2D eigenvalue weighted by Gasteiger charge is 2.24. The normalized spacial score (nSPS) is 12.5. The third-order valence-corrected chi connectivity index (χ3v) is 11.0. The first kappa shape index (κ1) is 36.4. The van der Waals surface area contributed by atoms with Crippen molar-refractivity contribution in [3.63, 3.8) is 0 Å². The molecule has 0 atom stereocenters. The number of pyridine rings is 1. The van der Waals surface area contributed by atoms with Crippen LogP contribution in [0.5, 0.6) is 5.75 Å². The van der Waals surface area contributed by atoms with Gasteiger partial charge < -0.3 is 5.11 Å². The number of aromatic nitrogens is 3. The highest BCUT2D eigenvalue weighted by Crippen LogP contribution is 2.42. The van der Waals surface area contributed by atoms with Gasteiger partial charge in [0.05, 0.1) is 28.0 Å². The van der Waals surface area contributed by atoms with E-state index in [9.17, 15) is 5.11 Å². The van der Waals surface area contributed by atoms with Gasteiger partial charge in [0, 0.05) is 24.3 Å². The molecule has 57 heavy (non-hydrogen) atoms. The van der Waals surface area contributed by atoms with Crippen molar-refractivity contribution in [3.8, 4) is 67.5 Å². The Morgan fingerprint density at radius 1 is 0.561 bits per heavy atom. The smallest absolute Gasteiger partial charge is 0.149 e. The van der Waals surface area contributed by atoms with Crippen LogP contribution in [0.2, 0.25) is 0 Å². The molecule has 4 heteroatoms. The lowest BCUT2D eigenvalue weighted by molar-refractivity contribution is 0.477. The van der Waals surface area contributed by atoms with Crippen LogP contribution in [0.1, 0.15) is 79.3 Å². The lowest BCUT2D eigenvalue weighted by Gasteiger charge is -2.22. The van der Waals surface area contributed by atoms with Gasteiger partial charge in [-0.3, -0.25) is 9.55 Å². The number of fused-ring (bicyclic) bond motifs is 1. The van der Waals surface area contributed by atoms with E-state index in [1.165, 1.54) is 11.1 Å². The second-order valence-electron chi connectivity index (χ2n) is 17.4. The van der Waals surface area contributed by atoms with E-state index in [2.05, 4.69) is 143 Å². The number of phenols is 1. The summed E-state index contributed by atoms with van der Waals surface area (Å²) in [6.07, 6.45) is 1.91. The first-order valence-corrected chi connectivity index (χ1v) is 19.8. The molecule has 284 valence electrons. The van der Waals surface area contributed by atoms with Crippen molar-refractivity contribution in [2.45, 2.75) is 72.1 Å². The lowest BCUT2D eigenvalue weighted by Crippen LogP contribution is -2.11. The van der Waals surface area contributed by atoms with Crippen LogP contribution in [0.25, 0.3) is 72.7 Å². The molecule has 0 spiro atoms. The van der Waals surface area contributed by atoms with E-state index >= 15 is 0 Å². The van der Waals surface area contributed by atoms with Crippen molar-refractivity contribution in [1.82, 2.24) is 14.5 Å². The maximum atomic E-state index is 11.3. The summed E-state index contributed by atoms with van der Waals surface area (Å²) in [7, 11) is 0. The van der Waals surface area contributed by atoms with Gasteiger partial charge in [0.15, 0.2) is 0 Å². The van der Waals surface area contributed by atoms with Gasteiger partial charge in [-0.25, -0.2) is 4.98 Å². The fourth-order valence-electron chi connectivity index (χ4n) is 7.61. The van der Waals surface area contributed by atoms with E-state index < -0.39 is 5.89 Å². The Morgan fingerprint density at radius 3 is 1.95 bits per heavy atom. The fourth-order valence-corrected chi connectivity index (χ4v) is 7.61. The highest BCUT2D eigenvalue weighted by molar-refractivity contribution is 5.97. The van der Waals surface area contributed by atoms with Gasteiger partial charge in [0.25, 0.3) is 0 Å². The largest absolute Gasteiger partial charge is 0.507 e. The molecule has 0 aliphatic rings. The quantitative estimate of drug-likeness (QED) is 0.177. The van der Waals surface area contributed by atoms with Gasteiger partial charge in [0.1, 0.15) is 11.6 Å². The summed E-state index contributed by atoms with van der Waals surface area (Å²) in [5.74, 6) is -0.00943. The summed E-state index contributed by atoms with van der Waals surface area (Å²) in [6.45, 7) is 17.3. The van der Waals surface area contributed by atoms with Crippen LogP contribution in [0, 0.1) is 0 Å². The zero-order chi connectivity index (χ0) is 41.0. The Bertz CT molecular complexity index is 2780. The SMILES string of the molecule is [2H]C(C)(C)c1ccc(-n2c(-c3ccccc3O)nc3c(-c4cc(-c5cc(-c6ccc(C(C)(C)C)cc6)ccn5)cc(C(C)(C)C)c4)cccc32)c(-c2ccccc2)c1. The maximum Gasteiger partial charge on any atom is 0.149 e. The molecule has 0 radical (unpaired) electrons. The molecule has 2 aromatic heterocycles. The Kier molecular flexibility index (Phi) is 9.37. The summed E-state index contributed by atoms with van der Waals surface area (Å²) >= 11 is 0. The topological polar surface area (TPSA) is 50.9 Å². The van der Waals surface area contributed by atoms with Gasteiger partial charge in [0.2, 0.25) is 0 Å². The molecule has 6 aromatic carbocycles. The first-order valence-electron chi connectivity index (χ1n) is 20.3. The molecule has 0 saturated heterocycles. The molecule has 4 nitrogen and oxygen atoms in total. The number of hydrogen-bond acceptors (Lipinski definition) is 3. The number of rotatable bonds is 7. The fraction of sp³-hybridized carbons (Fsp3) is 0.208. The average molecular weight is 747 g/mol. The van der Waals surface area contributed by atoms with Crippen LogP contribution in [0.3, 0.4) is 0 Å². The Hall–Kier alpha value is -6.26. The van der Waals surface area contributed by atoms with Crippen molar-refractivity contribution in [2.24, 2.45) is 0 Å². The molecule has 0 aliphatic heterocycles. The molecule has 0 aliphatic carbocycles. The third-order valence-electron chi connectivity index (χ3n) is 11.0. The van der Waals surface area contributed by atoms with Crippen LogP contribution < -0.4 is 0 Å². The summed E-state index contributed by atoms with van der Waals surface area (Å²) in [5.41, 5.74) is 14.9. The molecule has 0 amide bonds. The number of imidazole rings is 1. The van der Waals surface area contributed by atoms with Gasteiger partial charge in [-0.15, -0.1) is 0 Å². The van der Waals surface area contributed by atoms with Crippen molar-refractivity contribution >= 4 is 11.0 Å². The highest BCUT2D eigenvalue weighted by atomic mass is 16.3. The van der Waals surface area contributed by atoms with Crippen LogP contribution in [0.15, 0.2) is 152 Å². The summed E-state index contributed by atoms with van der Waals surface area (Å²) in [5, 5.41) is 11.3. The van der Waals surface area contributed by atoms with Crippen molar-refractivity contribution in [3.05, 3.63) is 168 Å². The standard InChI is InChI=1S/C53H51N3O/c1-34(2)37-23-26-47(45(32-37)36-15-10-9-11-16-36)56-48-19-14-18-43(50(48)55-51(56)44-17-12-13-20-49(44)57)39-29-40(31-42(30-39)53(6,7)8)46-33-38(27-28-54-46)35-21-24-41(25-22-35)52(3,4)5/h9-34,57H,1-8H3/i34D. The molecule has 0 bridgehead atoms. The molecule has 1 N–H and O–H groups in total. The predicted molar refractivity (Wildman–Crippen MR) is 239 cm³/mol. The average Bonchev–Trinajstić information content (AvgIpc) is 3.59. The zero-order valence-corrected chi connectivity index (χ0v) is 34.2. The molecular formula is C53H51N3O. The van der Waals surface area contributed by atoms with Gasteiger partial charge in [-0.2, -0.15) is 0 Å². The monoisotopic (exact) mass is 746 g/mol. The molecule has 0 fully saturated rings. The minimum atomic E-state index is -0.798. The van der Waals surface area contributed by atoms with E-state index in [0.29, 0.717) is 11.4 Å². The van der Waals surface area contributed by atoms with E-state index in [0.717, 1.165) is 66.9 Å². The number of hydrogen-bond donors (Lipinski definition) is 1. The Morgan fingerprint density at radius 2 is 1.25 bits per heavy atom. The van der Waals surface area contributed by atoms with Crippen LogP contribution in [-0.4, -0.2) is 19.6 Å². The van der Waals surface area contributed by atoms with E-state index in [-0.39, 0.29) is 16.6 Å². The first-order chi connectivity index (χ1) is 27.6. The number of aromatic hydroxyl groups is 1. The Balaban J connectivity index is 1.35. The number of phenolic OH excluding ortho intramolecular Hbond substituents is 1. The molecule has 2 heterocycles. The summed E-state index contributed by atoms with van der Waals surface area (Å²) in [4.78, 5) is 10.3. The number of nitrogens with zero attached hydrogens (tertiary/aromatic N) is 3. The molecular weight excluding hydrogens is 695 g/mol. The number of para-hydroxylation sites is 2. The van der Waals surface area contributed by atoms with Crippen LogP contribution >= 0.6 is 0 Å². The van der Waals surface area contributed by atoms with Crippen molar-refractivity contribution < 1.29 is 6.48 Å². The minimum absolute atomic E-state index is 0.0842. The second-order valence-corrected chi connectivity index (χ2v) is 17.4. The van der Waals surface area contributed by atoms with Gasteiger partial charge in [-0.05, 0) is 110 Å². The molecule has 0 saturated carbocycles. The molecule has 0 unspecified atom stereocenters. The van der Waals surface area contributed by atoms with Crippen LogP contribution in [0.4, 0.5) is 0 Å². The Labute approximate surface area is 339 Å². The number of benzene rings is 6. The zero-order valence-electron chi connectivity index (χ0n) is 35.2. The lowest BCUT2D eigenvalue weighted by atomic mass is 9.83. The van der Waals surface area contributed by atoms with E-state index in [1.54, 1.807) is 6.07 Å². The second kappa shape index (κ2) is 14.7.